The monoisotopic (exact) mass is 564 g/mol. The first-order valence-electron chi connectivity index (χ1n) is 10.8. The highest BCUT2D eigenvalue weighted by Gasteiger charge is 2.08. The van der Waals surface area contributed by atoms with Crippen molar-refractivity contribution in [1.82, 2.24) is 25.4 Å². The van der Waals surface area contributed by atoms with Gasteiger partial charge in [0.05, 0.1) is 13.2 Å². The lowest BCUT2D eigenvalue weighted by Crippen LogP contribution is -2.39. The van der Waals surface area contributed by atoms with E-state index < -0.39 is 6.10 Å². The molecule has 1 unspecified atom stereocenters. The highest BCUT2D eigenvalue weighted by Crippen LogP contribution is 2.15. The topological polar surface area (TPSA) is 96.6 Å². The van der Waals surface area contributed by atoms with Crippen molar-refractivity contribution >= 4 is 29.9 Å². The summed E-state index contributed by atoms with van der Waals surface area (Å²) >= 11 is 0. The van der Waals surface area contributed by atoms with Crippen molar-refractivity contribution < 1.29 is 9.84 Å². The summed E-state index contributed by atoms with van der Waals surface area (Å²) < 4.78 is 7.14. The fourth-order valence-corrected chi connectivity index (χ4v) is 3.20. The van der Waals surface area contributed by atoms with Crippen LogP contribution in [0.15, 0.2) is 59.6 Å². The molecular formula is C24H33IN6O2. The fourth-order valence-electron chi connectivity index (χ4n) is 3.20. The molecule has 1 aromatic heterocycles. The van der Waals surface area contributed by atoms with Crippen LogP contribution in [-0.4, -0.2) is 46.0 Å². The molecule has 3 N–H and O–H groups in total. The molecule has 33 heavy (non-hydrogen) atoms. The Bertz CT molecular complexity index is 992. The van der Waals surface area contributed by atoms with Gasteiger partial charge in [0.15, 0.2) is 11.8 Å². The number of methoxy groups -OCH3 is 1. The first-order chi connectivity index (χ1) is 15.6. The number of hydrogen-bond acceptors (Lipinski definition) is 5. The number of nitrogens with one attached hydrogen (secondary N) is 2. The van der Waals surface area contributed by atoms with Crippen molar-refractivity contribution in [2.75, 3.05) is 20.2 Å². The molecule has 0 bridgehead atoms. The van der Waals surface area contributed by atoms with Gasteiger partial charge in [0, 0.05) is 20.1 Å². The molecule has 178 valence electrons. The number of aliphatic hydroxyl groups is 1. The third kappa shape index (κ3) is 8.32. The van der Waals surface area contributed by atoms with Crippen LogP contribution < -0.4 is 15.4 Å². The molecule has 0 fully saturated rings. The molecule has 2 aromatic carbocycles. The lowest BCUT2D eigenvalue weighted by atomic mass is 10.1. The van der Waals surface area contributed by atoms with Gasteiger partial charge < -0.3 is 25.0 Å². The van der Waals surface area contributed by atoms with Gasteiger partial charge in [0.2, 0.25) is 0 Å². The molecule has 0 radical (unpaired) electrons. The molecule has 3 aromatic rings. The highest BCUT2D eigenvalue weighted by atomic mass is 127. The SMILES string of the molecule is COc1ccc(CCNC(=NCc2nnc(C)n2C)NCCC(O)c2ccccc2)cc1.I. The van der Waals surface area contributed by atoms with Crippen LogP contribution in [0, 0.1) is 6.92 Å². The number of nitrogens with zero attached hydrogens (tertiary/aromatic N) is 4. The summed E-state index contributed by atoms with van der Waals surface area (Å²) in [7, 11) is 3.60. The third-order valence-corrected chi connectivity index (χ3v) is 5.32. The number of aryl methyl sites for hydroxylation is 1. The number of ether oxygens (including phenoxy) is 1. The normalized spacial score (nSPS) is 12.1. The Morgan fingerprint density at radius 1 is 1.06 bits per heavy atom. The van der Waals surface area contributed by atoms with Gasteiger partial charge in [-0.2, -0.15) is 0 Å². The minimum absolute atomic E-state index is 0. The standard InChI is InChI=1S/C24H32N6O2.HI/c1-18-28-29-23(30(18)2)17-27-24(25-15-13-19-9-11-21(32-3)12-10-19)26-16-14-22(31)20-7-5-4-6-8-20;/h4-12,22,31H,13-17H2,1-3H3,(H2,25,26,27);1H. The zero-order valence-corrected chi connectivity index (χ0v) is 21.7. The van der Waals surface area contributed by atoms with E-state index in [0.717, 1.165) is 35.9 Å². The Morgan fingerprint density at radius 2 is 1.76 bits per heavy atom. The molecule has 0 aliphatic rings. The van der Waals surface area contributed by atoms with Crippen molar-refractivity contribution in [2.45, 2.75) is 32.4 Å². The zero-order valence-electron chi connectivity index (χ0n) is 19.4. The van der Waals surface area contributed by atoms with E-state index in [4.69, 9.17) is 4.74 Å². The largest absolute Gasteiger partial charge is 0.497 e. The Balaban J connectivity index is 0.00000385. The Kier molecular flexibility index (Phi) is 11.1. The first-order valence-corrected chi connectivity index (χ1v) is 10.8. The highest BCUT2D eigenvalue weighted by molar-refractivity contribution is 14.0. The van der Waals surface area contributed by atoms with Crippen molar-refractivity contribution in [2.24, 2.45) is 12.0 Å². The van der Waals surface area contributed by atoms with Crippen LogP contribution in [0.2, 0.25) is 0 Å². The minimum atomic E-state index is -0.523. The quantitative estimate of drug-likeness (QED) is 0.199. The number of aromatic nitrogens is 3. The molecule has 0 amide bonds. The van der Waals surface area contributed by atoms with Crippen LogP contribution in [0.1, 0.15) is 35.3 Å². The van der Waals surface area contributed by atoms with Crippen LogP contribution in [0.4, 0.5) is 0 Å². The van der Waals surface area contributed by atoms with Gasteiger partial charge in [-0.3, -0.25) is 0 Å². The summed E-state index contributed by atoms with van der Waals surface area (Å²) in [5.41, 5.74) is 2.12. The van der Waals surface area contributed by atoms with Crippen LogP contribution >= 0.6 is 24.0 Å². The van der Waals surface area contributed by atoms with E-state index in [1.54, 1.807) is 7.11 Å². The lowest BCUT2D eigenvalue weighted by Gasteiger charge is -2.15. The molecule has 0 spiro atoms. The van der Waals surface area contributed by atoms with E-state index in [1.165, 1.54) is 5.56 Å². The van der Waals surface area contributed by atoms with Gasteiger partial charge in [-0.05, 0) is 43.0 Å². The van der Waals surface area contributed by atoms with E-state index in [0.29, 0.717) is 25.5 Å². The van der Waals surface area contributed by atoms with Gasteiger partial charge in [-0.1, -0.05) is 42.5 Å². The summed E-state index contributed by atoms with van der Waals surface area (Å²) in [6.07, 6.45) is 0.901. The van der Waals surface area contributed by atoms with Gasteiger partial charge in [-0.15, -0.1) is 34.2 Å². The van der Waals surface area contributed by atoms with Gasteiger partial charge >= 0.3 is 0 Å². The molecule has 0 aliphatic carbocycles. The predicted octanol–water partition coefficient (Wildman–Crippen LogP) is 3.15. The maximum Gasteiger partial charge on any atom is 0.191 e. The molecule has 8 nitrogen and oxygen atoms in total. The maximum atomic E-state index is 10.4. The second-order valence-electron chi connectivity index (χ2n) is 7.55. The Morgan fingerprint density at radius 3 is 2.39 bits per heavy atom. The number of aliphatic imine (C=N–C) groups is 1. The van der Waals surface area contributed by atoms with E-state index in [2.05, 4.69) is 38.0 Å². The molecule has 0 saturated heterocycles. The molecular weight excluding hydrogens is 531 g/mol. The molecule has 3 rings (SSSR count). The lowest BCUT2D eigenvalue weighted by molar-refractivity contribution is 0.168. The van der Waals surface area contributed by atoms with Crippen LogP contribution in [0.3, 0.4) is 0 Å². The summed E-state index contributed by atoms with van der Waals surface area (Å²) in [5, 5.41) is 25.4. The van der Waals surface area contributed by atoms with Crippen molar-refractivity contribution in [3.63, 3.8) is 0 Å². The van der Waals surface area contributed by atoms with Crippen LogP contribution in [0.25, 0.3) is 0 Å². The van der Waals surface area contributed by atoms with Crippen molar-refractivity contribution in [3.05, 3.63) is 77.4 Å². The average molecular weight is 564 g/mol. The van der Waals surface area contributed by atoms with Crippen molar-refractivity contribution in [3.8, 4) is 5.75 Å². The second-order valence-corrected chi connectivity index (χ2v) is 7.55. The number of guanidine groups is 1. The Labute approximate surface area is 212 Å². The molecule has 0 saturated carbocycles. The molecule has 9 heteroatoms. The smallest absolute Gasteiger partial charge is 0.191 e. The number of aliphatic hydroxyl groups excluding tert-OH is 1. The van der Waals surface area contributed by atoms with Gasteiger partial charge in [0.1, 0.15) is 18.1 Å². The minimum Gasteiger partial charge on any atom is -0.497 e. The number of halogens is 1. The molecule has 1 atom stereocenters. The van der Waals surface area contributed by atoms with Crippen molar-refractivity contribution in [1.29, 1.82) is 0 Å². The van der Waals surface area contributed by atoms with E-state index in [9.17, 15) is 5.11 Å². The van der Waals surface area contributed by atoms with Crippen LogP contribution in [0.5, 0.6) is 5.75 Å². The number of benzene rings is 2. The predicted molar refractivity (Wildman–Crippen MR) is 141 cm³/mol. The summed E-state index contributed by atoms with van der Waals surface area (Å²) in [5.74, 6) is 3.17. The second kappa shape index (κ2) is 13.8. The Hall–Kier alpha value is -2.66. The third-order valence-electron chi connectivity index (χ3n) is 5.32. The van der Waals surface area contributed by atoms with E-state index in [-0.39, 0.29) is 24.0 Å². The number of hydrogen-bond donors (Lipinski definition) is 3. The van der Waals surface area contributed by atoms with E-state index >= 15 is 0 Å². The number of rotatable bonds is 10. The van der Waals surface area contributed by atoms with E-state index in [1.807, 2.05) is 61.0 Å². The first kappa shape index (κ1) is 26.6. The average Bonchev–Trinajstić information content (AvgIpc) is 3.15. The van der Waals surface area contributed by atoms with Gasteiger partial charge in [-0.25, -0.2) is 4.99 Å². The summed E-state index contributed by atoms with van der Waals surface area (Å²) in [4.78, 5) is 4.67. The molecule has 0 aliphatic heterocycles. The van der Waals surface area contributed by atoms with Gasteiger partial charge in [0.25, 0.3) is 0 Å². The molecule has 1 heterocycles. The zero-order chi connectivity index (χ0) is 22.8. The van der Waals surface area contributed by atoms with Crippen LogP contribution in [-0.2, 0) is 20.0 Å². The fraction of sp³-hybridized carbons (Fsp3) is 0.375. The maximum absolute atomic E-state index is 10.4. The summed E-state index contributed by atoms with van der Waals surface area (Å²) in [6, 6.07) is 17.7. The summed E-state index contributed by atoms with van der Waals surface area (Å²) in [6.45, 7) is 3.63.